The van der Waals surface area contributed by atoms with Gasteiger partial charge in [-0.3, -0.25) is 19.4 Å². The maximum absolute atomic E-state index is 12.4. The lowest BCUT2D eigenvalue weighted by atomic mass is 10.2. The number of halogens is 6. The molecule has 2 rings (SSSR count). The Kier molecular flexibility index (Phi) is 48.4. The number of nitrogens with one attached hydrogen (secondary N) is 8. The highest BCUT2D eigenvalue weighted by molar-refractivity contribution is 5.86. The lowest BCUT2D eigenvalue weighted by Crippen LogP contribution is -2.45. The van der Waals surface area contributed by atoms with Crippen molar-refractivity contribution < 1.29 is 9.59 Å². The first-order valence-corrected chi connectivity index (χ1v) is 15.0. The molecule has 2 amide bonds. The van der Waals surface area contributed by atoms with Gasteiger partial charge in [0.05, 0.1) is 13.1 Å². The molecule has 0 radical (unpaired) electrons. The zero-order chi connectivity index (χ0) is 26.9. The van der Waals surface area contributed by atoms with E-state index >= 15 is 0 Å². The van der Waals surface area contributed by atoms with E-state index < -0.39 is 0 Å². The zero-order valence-electron chi connectivity index (χ0n) is 26.1. The van der Waals surface area contributed by atoms with Crippen molar-refractivity contribution in [2.75, 3.05) is 131 Å². The summed E-state index contributed by atoms with van der Waals surface area (Å²) in [5.41, 5.74) is 0. The number of rotatable bonds is 11. The Bertz CT molecular complexity index is 550. The van der Waals surface area contributed by atoms with E-state index in [0.717, 1.165) is 130 Å². The lowest BCUT2D eigenvalue weighted by Gasteiger charge is -2.23. The summed E-state index contributed by atoms with van der Waals surface area (Å²) in [5, 5.41) is 26.7. The first-order chi connectivity index (χ1) is 18.7. The molecule has 0 aromatic heterocycles. The molecule has 0 saturated carbocycles. The molecule has 2 fully saturated rings. The third-order valence-corrected chi connectivity index (χ3v) is 6.82. The third-order valence-electron chi connectivity index (χ3n) is 6.82. The highest BCUT2D eigenvalue weighted by Gasteiger charge is 2.12. The molecule has 270 valence electrons. The van der Waals surface area contributed by atoms with Crippen LogP contribution in [0.5, 0.6) is 0 Å². The summed E-state index contributed by atoms with van der Waals surface area (Å²) in [6.07, 6.45) is 4.05. The van der Waals surface area contributed by atoms with Crippen molar-refractivity contribution in [1.82, 2.24) is 52.3 Å². The van der Waals surface area contributed by atoms with Crippen molar-refractivity contribution in [3.63, 3.8) is 0 Å². The van der Waals surface area contributed by atoms with Crippen molar-refractivity contribution >= 4 is 86.3 Å². The van der Waals surface area contributed by atoms with Gasteiger partial charge in [-0.15, -0.1) is 74.4 Å². The van der Waals surface area contributed by atoms with Crippen LogP contribution in [-0.4, -0.2) is 153 Å². The Hall–Kier alpha value is 0.360. The molecule has 8 N–H and O–H groups in total. The quantitative estimate of drug-likeness (QED) is 0.130. The van der Waals surface area contributed by atoms with E-state index in [1.807, 2.05) is 0 Å². The summed E-state index contributed by atoms with van der Waals surface area (Å²) in [7, 11) is 0. The number of carbonyl (C=O) groups excluding carboxylic acids is 2. The number of unbranched alkanes of at least 4 members (excludes halogenated alkanes) is 3. The fourth-order valence-electron chi connectivity index (χ4n) is 4.52. The molecule has 0 unspecified atom stereocenters. The van der Waals surface area contributed by atoms with Crippen molar-refractivity contribution in [1.29, 1.82) is 0 Å². The molecule has 2 aliphatic rings. The number of hydrogen-bond acceptors (Lipinski definition) is 10. The SMILES string of the molecule is Cl.Cl.Cl.Cl.Cl.Cl.O=C(CN1CCNCCNCCNCC1)NCCCCCCNC(=O)CN1CCNCCNCCNCC1. The Morgan fingerprint density at radius 1 is 0.409 bits per heavy atom. The van der Waals surface area contributed by atoms with E-state index in [1.165, 1.54) is 0 Å². The predicted octanol–water partition coefficient (Wildman–Crippen LogP) is -0.521. The van der Waals surface area contributed by atoms with Gasteiger partial charge in [0.25, 0.3) is 0 Å². The highest BCUT2D eigenvalue weighted by atomic mass is 35.5. The number of amides is 2. The Labute approximate surface area is 303 Å². The minimum absolute atomic E-state index is 0. The normalized spacial score (nSPS) is 17.9. The molecule has 18 heteroatoms. The lowest BCUT2D eigenvalue weighted by molar-refractivity contribution is -0.123. The smallest absolute Gasteiger partial charge is 0.234 e. The van der Waals surface area contributed by atoms with Crippen molar-refractivity contribution in [2.45, 2.75) is 25.7 Å². The molecule has 2 saturated heterocycles. The number of carbonyl (C=O) groups is 2. The molecule has 2 heterocycles. The second kappa shape index (κ2) is 39.5. The van der Waals surface area contributed by atoms with Crippen LogP contribution in [0, 0.1) is 0 Å². The summed E-state index contributed by atoms with van der Waals surface area (Å²) in [6, 6.07) is 0. The molecule has 0 atom stereocenters. The molecule has 0 aromatic carbocycles. The van der Waals surface area contributed by atoms with Gasteiger partial charge in [-0.1, -0.05) is 12.8 Å². The van der Waals surface area contributed by atoms with Crippen LogP contribution in [0.1, 0.15) is 25.7 Å². The van der Waals surface area contributed by atoms with Crippen LogP contribution in [0.25, 0.3) is 0 Å². The van der Waals surface area contributed by atoms with Crippen molar-refractivity contribution in [3.05, 3.63) is 0 Å². The minimum Gasteiger partial charge on any atom is -0.355 e. The van der Waals surface area contributed by atoms with Gasteiger partial charge in [0.1, 0.15) is 0 Å². The van der Waals surface area contributed by atoms with Gasteiger partial charge in [-0.05, 0) is 12.8 Å². The van der Waals surface area contributed by atoms with E-state index in [0.29, 0.717) is 26.2 Å². The van der Waals surface area contributed by atoms with Crippen LogP contribution in [-0.2, 0) is 9.59 Å². The second-order valence-electron chi connectivity index (χ2n) is 10.2. The molecular formula is C26H62Cl6N10O2. The van der Waals surface area contributed by atoms with Crippen LogP contribution < -0.4 is 42.5 Å². The molecule has 2 aliphatic heterocycles. The summed E-state index contributed by atoms with van der Waals surface area (Å²) < 4.78 is 0. The molecule has 0 aliphatic carbocycles. The maximum Gasteiger partial charge on any atom is 0.234 e. The monoisotopic (exact) mass is 756 g/mol. The third kappa shape index (κ3) is 32.3. The average molecular weight is 760 g/mol. The first-order valence-electron chi connectivity index (χ1n) is 15.0. The van der Waals surface area contributed by atoms with Crippen LogP contribution >= 0.6 is 74.4 Å². The largest absolute Gasteiger partial charge is 0.355 e. The van der Waals surface area contributed by atoms with E-state index in [-0.39, 0.29) is 86.3 Å². The minimum atomic E-state index is 0. The molecular weight excluding hydrogens is 697 g/mol. The van der Waals surface area contributed by atoms with Crippen LogP contribution in [0.4, 0.5) is 0 Å². The van der Waals surface area contributed by atoms with E-state index in [9.17, 15) is 9.59 Å². The summed E-state index contributed by atoms with van der Waals surface area (Å²) in [5.74, 6) is 0.213. The van der Waals surface area contributed by atoms with Gasteiger partial charge in [0.15, 0.2) is 0 Å². The number of nitrogens with zero attached hydrogens (tertiary/aromatic N) is 2. The number of hydrogen-bond donors (Lipinski definition) is 8. The van der Waals surface area contributed by atoms with E-state index in [2.05, 4.69) is 52.3 Å². The second-order valence-corrected chi connectivity index (χ2v) is 10.2. The Morgan fingerprint density at radius 3 is 0.932 bits per heavy atom. The fraction of sp³-hybridized carbons (Fsp3) is 0.923. The Morgan fingerprint density at radius 2 is 0.659 bits per heavy atom. The average Bonchev–Trinajstić information content (AvgIpc) is 2.89. The first kappa shape index (κ1) is 53.8. The molecule has 44 heavy (non-hydrogen) atoms. The van der Waals surface area contributed by atoms with Gasteiger partial charge in [-0.25, -0.2) is 0 Å². The van der Waals surface area contributed by atoms with Gasteiger partial charge in [0.2, 0.25) is 11.8 Å². The zero-order valence-corrected chi connectivity index (χ0v) is 31.0. The molecule has 12 nitrogen and oxygen atoms in total. The molecule has 0 spiro atoms. The molecule has 0 aromatic rings. The summed E-state index contributed by atoms with van der Waals surface area (Å²) >= 11 is 0. The predicted molar refractivity (Wildman–Crippen MR) is 198 cm³/mol. The van der Waals surface area contributed by atoms with E-state index in [1.54, 1.807) is 0 Å². The van der Waals surface area contributed by atoms with Gasteiger partial charge < -0.3 is 42.5 Å². The molecule has 0 bridgehead atoms. The maximum atomic E-state index is 12.4. The van der Waals surface area contributed by atoms with Crippen LogP contribution in [0.15, 0.2) is 0 Å². The van der Waals surface area contributed by atoms with Gasteiger partial charge in [0, 0.05) is 118 Å². The fourth-order valence-corrected chi connectivity index (χ4v) is 4.52. The summed E-state index contributed by atoms with van der Waals surface area (Å²) in [6.45, 7) is 17.2. The van der Waals surface area contributed by atoms with Crippen LogP contribution in [0.3, 0.4) is 0 Å². The van der Waals surface area contributed by atoms with Gasteiger partial charge in [-0.2, -0.15) is 0 Å². The Balaban J connectivity index is -0.000000845. The van der Waals surface area contributed by atoms with Crippen molar-refractivity contribution in [2.24, 2.45) is 0 Å². The van der Waals surface area contributed by atoms with Gasteiger partial charge >= 0.3 is 0 Å². The topological polar surface area (TPSA) is 137 Å². The highest BCUT2D eigenvalue weighted by Crippen LogP contribution is 1.98. The van der Waals surface area contributed by atoms with Crippen LogP contribution in [0.2, 0.25) is 0 Å². The standard InChI is InChI=1S/C26H56N10O2.6ClH/c37-25(23-35-19-15-29-11-7-27-8-12-30-16-20-35)33-5-3-1-2-4-6-34-26(38)24-36-21-17-31-13-9-28-10-14-32-18-22-36;;;;;;/h27-32H,1-24H2,(H,33,37)(H,34,38);6*1H. The summed E-state index contributed by atoms with van der Waals surface area (Å²) in [4.78, 5) is 29.2. The van der Waals surface area contributed by atoms with Crippen molar-refractivity contribution in [3.8, 4) is 0 Å². The van der Waals surface area contributed by atoms with E-state index in [4.69, 9.17) is 0 Å².